The highest BCUT2D eigenvalue weighted by Gasteiger charge is 2.20. The minimum atomic E-state index is -0.971. The first-order chi connectivity index (χ1) is 12.0. The quantitative estimate of drug-likeness (QED) is 0.491. The number of nitrogens with one attached hydrogen (secondary N) is 1. The molecule has 2 heterocycles. The van der Waals surface area contributed by atoms with Crippen LogP contribution in [0.3, 0.4) is 0 Å². The number of nitrogens with zero attached hydrogens (tertiary/aromatic N) is 1. The van der Waals surface area contributed by atoms with Gasteiger partial charge in [-0.05, 0) is 24.6 Å². The summed E-state index contributed by atoms with van der Waals surface area (Å²) in [5.74, 6) is 0.192. The molecule has 1 aliphatic heterocycles. The van der Waals surface area contributed by atoms with Crippen LogP contribution >= 0.6 is 0 Å². The second kappa shape index (κ2) is 7.08. The summed E-state index contributed by atoms with van der Waals surface area (Å²) >= 11 is 0. The molecule has 0 aliphatic carbocycles. The van der Waals surface area contributed by atoms with Gasteiger partial charge in [0, 0.05) is 18.7 Å². The van der Waals surface area contributed by atoms with E-state index in [2.05, 4.69) is 5.32 Å². The zero-order valence-corrected chi connectivity index (χ0v) is 13.4. The molecular weight excluding hydrogens is 328 g/mol. The number of hydrogen-bond donors (Lipinski definition) is 1. The van der Waals surface area contributed by atoms with E-state index < -0.39 is 18.0 Å². The first-order valence-electron chi connectivity index (χ1n) is 7.59. The van der Waals surface area contributed by atoms with Crippen molar-refractivity contribution in [2.24, 2.45) is 0 Å². The van der Waals surface area contributed by atoms with Crippen molar-refractivity contribution in [1.82, 2.24) is 5.32 Å². The number of benzene rings is 1. The van der Waals surface area contributed by atoms with Crippen LogP contribution in [0.15, 0.2) is 42.7 Å². The third-order valence-corrected chi connectivity index (χ3v) is 3.59. The molecule has 130 valence electrons. The standard InChI is InChI=1S/C17H16N2O6/c1-11(25-17(21)13-4-6-19(22)7-5-13)16(20)18-9-12-2-3-14-15(8-12)24-10-23-14/h2-8,11H,9-10H2,1H3,(H,18,20)/t11-/m0/s1. The molecule has 1 atom stereocenters. The van der Waals surface area contributed by atoms with Crippen LogP contribution in [0.2, 0.25) is 0 Å². The van der Waals surface area contributed by atoms with Gasteiger partial charge in [0.2, 0.25) is 6.79 Å². The molecule has 3 rings (SSSR count). The van der Waals surface area contributed by atoms with Crippen molar-refractivity contribution in [2.75, 3.05) is 6.79 Å². The van der Waals surface area contributed by atoms with E-state index in [9.17, 15) is 14.8 Å². The molecular formula is C17H16N2O6. The number of hydrogen-bond acceptors (Lipinski definition) is 6. The third-order valence-electron chi connectivity index (χ3n) is 3.59. The van der Waals surface area contributed by atoms with E-state index in [1.807, 2.05) is 6.07 Å². The highest BCUT2D eigenvalue weighted by atomic mass is 16.7. The first-order valence-corrected chi connectivity index (χ1v) is 7.59. The summed E-state index contributed by atoms with van der Waals surface area (Å²) in [7, 11) is 0. The molecule has 1 N–H and O–H groups in total. The Kier molecular flexibility index (Phi) is 4.69. The molecule has 0 spiro atoms. The zero-order valence-electron chi connectivity index (χ0n) is 13.4. The normalized spacial score (nSPS) is 13.2. The Labute approximate surface area is 143 Å². The summed E-state index contributed by atoms with van der Waals surface area (Å²) in [5.41, 5.74) is 1.03. The highest BCUT2D eigenvalue weighted by Crippen LogP contribution is 2.32. The van der Waals surface area contributed by atoms with Gasteiger partial charge in [-0.25, -0.2) is 4.79 Å². The molecule has 1 aromatic heterocycles. The molecule has 8 nitrogen and oxygen atoms in total. The van der Waals surface area contributed by atoms with Crippen molar-refractivity contribution in [3.8, 4) is 11.5 Å². The number of carbonyl (C=O) groups excluding carboxylic acids is 2. The lowest BCUT2D eigenvalue weighted by molar-refractivity contribution is -0.605. The summed E-state index contributed by atoms with van der Waals surface area (Å²) < 4.78 is 16.1. The monoisotopic (exact) mass is 344 g/mol. The Hall–Kier alpha value is -3.29. The van der Waals surface area contributed by atoms with Crippen molar-refractivity contribution in [2.45, 2.75) is 19.6 Å². The number of ether oxygens (including phenoxy) is 3. The van der Waals surface area contributed by atoms with E-state index in [0.29, 0.717) is 16.2 Å². The van der Waals surface area contributed by atoms with Gasteiger partial charge in [-0.2, -0.15) is 4.73 Å². The van der Waals surface area contributed by atoms with Crippen molar-refractivity contribution < 1.29 is 28.5 Å². The van der Waals surface area contributed by atoms with E-state index in [0.717, 1.165) is 5.56 Å². The fraction of sp³-hybridized carbons (Fsp3) is 0.235. The lowest BCUT2D eigenvalue weighted by Crippen LogP contribution is -2.35. The first kappa shape index (κ1) is 16.6. The predicted octanol–water partition coefficient (Wildman–Crippen LogP) is 0.910. The zero-order chi connectivity index (χ0) is 17.8. The van der Waals surface area contributed by atoms with Gasteiger partial charge in [-0.15, -0.1) is 0 Å². The van der Waals surface area contributed by atoms with Gasteiger partial charge >= 0.3 is 5.97 Å². The van der Waals surface area contributed by atoms with Crippen LogP contribution < -0.4 is 19.5 Å². The summed E-state index contributed by atoms with van der Waals surface area (Å²) in [5, 5.41) is 13.6. The van der Waals surface area contributed by atoms with E-state index >= 15 is 0 Å². The van der Waals surface area contributed by atoms with E-state index in [-0.39, 0.29) is 18.9 Å². The lowest BCUT2D eigenvalue weighted by Gasteiger charge is -2.13. The average Bonchev–Trinajstić information content (AvgIpc) is 3.07. The van der Waals surface area contributed by atoms with Gasteiger partial charge < -0.3 is 24.7 Å². The average molecular weight is 344 g/mol. The molecule has 0 saturated carbocycles. The fourth-order valence-electron chi connectivity index (χ4n) is 2.21. The highest BCUT2D eigenvalue weighted by molar-refractivity contribution is 5.91. The Morgan fingerprint density at radius 1 is 1.24 bits per heavy atom. The van der Waals surface area contributed by atoms with Gasteiger partial charge in [0.05, 0.1) is 5.56 Å². The van der Waals surface area contributed by atoms with E-state index in [1.54, 1.807) is 12.1 Å². The number of amides is 1. The second-order valence-corrected chi connectivity index (χ2v) is 5.40. The Balaban J connectivity index is 1.52. The fourth-order valence-corrected chi connectivity index (χ4v) is 2.21. The maximum atomic E-state index is 12.1. The molecule has 2 aromatic rings. The molecule has 0 saturated heterocycles. The van der Waals surface area contributed by atoms with Crippen LogP contribution in [0.1, 0.15) is 22.8 Å². The van der Waals surface area contributed by atoms with Crippen LogP contribution in [-0.4, -0.2) is 24.8 Å². The molecule has 1 aromatic carbocycles. The Morgan fingerprint density at radius 2 is 1.96 bits per heavy atom. The molecule has 0 unspecified atom stereocenters. The Bertz CT molecular complexity index is 790. The van der Waals surface area contributed by atoms with Crippen LogP contribution in [0.4, 0.5) is 0 Å². The van der Waals surface area contributed by atoms with Crippen molar-refractivity contribution in [3.05, 3.63) is 59.1 Å². The molecule has 25 heavy (non-hydrogen) atoms. The molecule has 0 fully saturated rings. The van der Waals surface area contributed by atoms with Crippen molar-refractivity contribution in [3.63, 3.8) is 0 Å². The summed E-state index contributed by atoms with van der Waals surface area (Å²) in [4.78, 5) is 24.0. The van der Waals surface area contributed by atoms with E-state index in [1.165, 1.54) is 31.5 Å². The predicted molar refractivity (Wildman–Crippen MR) is 84.7 cm³/mol. The second-order valence-electron chi connectivity index (χ2n) is 5.40. The maximum absolute atomic E-state index is 12.1. The van der Waals surface area contributed by atoms with Crippen LogP contribution in [0, 0.1) is 5.21 Å². The molecule has 8 heteroatoms. The number of pyridine rings is 1. The van der Waals surface area contributed by atoms with Gasteiger partial charge in [0.25, 0.3) is 5.91 Å². The van der Waals surface area contributed by atoms with Crippen molar-refractivity contribution in [1.29, 1.82) is 0 Å². The number of aromatic nitrogens is 1. The molecule has 0 bridgehead atoms. The van der Waals surface area contributed by atoms with Gasteiger partial charge in [0.1, 0.15) is 0 Å². The van der Waals surface area contributed by atoms with Crippen molar-refractivity contribution >= 4 is 11.9 Å². The number of carbonyl (C=O) groups is 2. The lowest BCUT2D eigenvalue weighted by atomic mass is 10.2. The van der Waals surface area contributed by atoms with Crippen LogP contribution in [0.5, 0.6) is 11.5 Å². The minimum Gasteiger partial charge on any atom is -0.619 e. The van der Waals surface area contributed by atoms with Crippen LogP contribution in [-0.2, 0) is 16.1 Å². The number of fused-ring (bicyclic) bond motifs is 1. The summed E-state index contributed by atoms with van der Waals surface area (Å²) in [6, 6.07) is 8.01. The topological polar surface area (TPSA) is 101 Å². The van der Waals surface area contributed by atoms with E-state index in [4.69, 9.17) is 14.2 Å². The SMILES string of the molecule is C[C@H](OC(=O)c1cc[n+]([O-])cc1)C(=O)NCc1ccc2c(c1)OCO2. The maximum Gasteiger partial charge on any atom is 0.339 e. The smallest absolute Gasteiger partial charge is 0.339 e. The molecule has 1 amide bonds. The van der Waals surface area contributed by atoms with Gasteiger partial charge in [0.15, 0.2) is 30.0 Å². The third kappa shape index (κ3) is 3.97. The number of esters is 1. The largest absolute Gasteiger partial charge is 0.619 e. The van der Waals surface area contributed by atoms with Gasteiger partial charge in [-0.3, -0.25) is 4.79 Å². The molecule has 1 aliphatic rings. The Morgan fingerprint density at radius 3 is 2.72 bits per heavy atom. The molecule has 0 radical (unpaired) electrons. The minimum absolute atomic E-state index is 0.184. The summed E-state index contributed by atoms with van der Waals surface area (Å²) in [6.45, 7) is 1.92. The number of rotatable bonds is 5. The van der Waals surface area contributed by atoms with Crippen LogP contribution in [0.25, 0.3) is 0 Å². The van der Waals surface area contributed by atoms with Gasteiger partial charge in [-0.1, -0.05) is 6.07 Å². The summed E-state index contributed by atoms with van der Waals surface area (Å²) in [6.07, 6.45) is 1.39.